The van der Waals surface area contributed by atoms with Crippen LogP contribution < -0.4 is 4.74 Å². The Balaban J connectivity index is 2.23. The van der Waals surface area contributed by atoms with Crippen LogP contribution in [0.5, 0.6) is 5.75 Å². The molecular weight excluding hydrogens is 262 g/mol. The second kappa shape index (κ2) is 6.28. The van der Waals surface area contributed by atoms with E-state index in [4.69, 9.17) is 4.74 Å². The standard InChI is InChI=1S/C16H14F2O2/c1-2-20-16-6-4-3-5-14(16)15(19)9-11-7-12(17)10-13(18)8-11/h3-8,10H,2,9H2,1H3. The molecule has 0 unspecified atom stereocenters. The average molecular weight is 276 g/mol. The Morgan fingerprint density at radius 2 is 1.75 bits per heavy atom. The Labute approximate surface area is 116 Å². The fourth-order valence-electron chi connectivity index (χ4n) is 1.97. The Bertz CT molecular complexity index is 603. The number of halogens is 2. The number of carbonyl (C=O) groups is 1. The molecule has 2 aromatic rings. The highest BCUT2D eigenvalue weighted by Crippen LogP contribution is 2.20. The van der Waals surface area contributed by atoms with Crippen LogP contribution in [0.15, 0.2) is 42.5 Å². The lowest BCUT2D eigenvalue weighted by Gasteiger charge is -2.09. The highest BCUT2D eigenvalue weighted by atomic mass is 19.1. The van der Waals surface area contributed by atoms with E-state index in [-0.39, 0.29) is 12.2 Å². The molecule has 0 saturated carbocycles. The Kier molecular flexibility index (Phi) is 4.45. The topological polar surface area (TPSA) is 26.3 Å². The molecule has 0 radical (unpaired) electrons. The third kappa shape index (κ3) is 3.41. The molecule has 2 aromatic carbocycles. The van der Waals surface area contributed by atoms with Crippen molar-refractivity contribution in [1.29, 1.82) is 0 Å². The molecule has 4 heteroatoms. The van der Waals surface area contributed by atoms with Crippen LogP contribution in [0.3, 0.4) is 0 Å². The van der Waals surface area contributed by atoms with Crippen LogP contribution in [0.2, 0.25) is 0 Å². The van der Waals surface area contributed by atoms with Crippen LogP contribution in [0.1, 0.15) is 22.8 Å². The normalized spacial score (nSPS) is 10.3. The molecule has 20 heavy (non-hydrogen) atoms. The molecule has 0 aromatic heterocycles. The second-order valence-electron chi connectivity index (χ2n) is 4.31. The lowest BCUT2D eigenvalue weighted by Crippen LogP contribution is -2.07. The predicted molar refractivity (Wildman–Crippen MR) is 72.0 cm³/mol. The summed E-state index contributed by atoms with van der Waals surface area (Å²) in [5.41, 5.74) is 0.720. The van der Waals surface area contributed by atoms with Crippen LogP contribution in [0, 0.1) is 11.6 Å². The smallest absolute Gasteiger partial charge is 0.170 e. The lowest BCUT2D eigenvalue weighted by atomic mass is 10.0. The zero-order valence-corrected chi connectivity index (χ0v) is 11.0. The third-order valence-electron chi connectivity index (χ3n) is 2.77. The molecule has 0 aliphatic rings. The fourth-order valence-corrected chi connectivity index (χ4v) is 1.97. The van der Waals surface area contributed by atoms with E-state index in [1.807, 2.05) is 6.92 Å². The van der Waals surface area contributed by atoms with Crippen molar-refractivity contribution in [3.8, 4) is 5.75 Å². The first kappa shape index (κ1) is 14.2. The van der Waals surface area contributed by atoms with Gasteiger partial charge in [0.2, 0.25) is 0 Å². The summed E-state index contributed by atoms with van der Waals surface area (Å²) in [5, 5.41) is 0. The van der Waals surface area contributed by atoms with E-state index in [1.54, 1.807) is 24.3 Å². The van der Waals surface area contributed by atoms with Crippen LogP contribution in [0.4, 0.5) is 8.78 Å². The van der Waals surface area contributed by atoms with E-state index in [0.717, 1.165) is 18.2 Å². The van der Waals surface area contributed by atoms with Crippen LogP contribution in [0.25, 0.3) is 0 Å². The van der Waals surface area contributed by atoms with E-state index >= 15 is 0 Å². The van der Waals surface area contributed by atoms with Gasteiger partial charge < -0.3 is 4.74 Å². The molecule has 0 spiro atoms. The molecule has 2 rings (SSSR count). The molecule has 0 atom stereocenters. The van der Waals surface area contributed by atoms with Gasteiger partial charge in [-0.15, -0.1) is 0 Å². The maximum absolute atomic E-state index is 13.1. The van der Waals surface area contributed by atoms with Crippen molar-refractivity contribution < 1.29 is 18.3 Å². The minimum Gasteiger partial charge on any atom is -0.493 e. The van der Waals surface area contributed by atoms with E-state index in [1.165, 1.54) is 0 Å². The number of Topliss-reactive ketones (excluding diaryl/α,β-unsaturated/α-hetero) is 1. The third-order valence-corrected chi connectivity index (χ3v) is 2.77. The summed E-state index contributed by atoms with van der Waals surface area (Å²) in [7, 11) is 0. The highest BCUT2D eigenvalue weighted by Gasteiger charge is 2.13. The van der Waals surface area contributed by atoms with Gasteiger partial charge in [0, 0.05) is 12.5 Å². The number of benzene rings is 2. The average Bonchev–Trinajstić information content (AvgIpc) is 2.38. The SMILES string of the molecule is CCOc1ccccc1C(=O)Cc1cc(F)cc(F)c1. The Morgan fingerprint density at radius 3 is 2.40 bits per heavy atom. The first-order chi connectivity index (χ1) is 9.60. The minimum absolute atomic E-state index is 0.0707. The molecule has 0 fully saturated rings. The summed E-state index contributed by atoms with van der Waals surface area (Å²) in [6.07, 6.45) is -0.0707. The summed E-state index contributed by atoms with van der Waals surface area (Å²) < 4.78 is 31.6. The number of hydrogen-bond donors (Lipinski definition) is 0. The predicted octanol–water partition coefficient (Wildman–Crippen LogP) is 3.79. The molecule has 104 valence electrons. The van der Waals surface area contributed by atoms with Crippen molar-refractivity contribution in [2.75, 3.05) is 6.61 Å². The van der Waals surface area contributed by atoms with E-state index in [2.05, 4.69) is 0 Å². The molecule has 0 heterocycles. The first-order valence-corrected chi connectivity index (χ1v) is 6.30. The molecule has 0 aliphatic carbocycles. The fraction of sp³-hybridized carbons (Fsp3) is 0.188. The van der Waals surface area contributed by atoms with Gasteiger partial charge in [-0.3, -0.25) is 4.79 Å². The lowest BCUT2D eigenvalue weighted by molar-refractivity contribution is 0.0989. The summed E-state index contributed by atoms with van der Waals surface area (Å²) >= 11 is 0. The quantitative estimate of drug-likeness (QED) is 0.777. The van der Waals surface area contributed by atoms with Crippen LogP contribution in [-0.2, 0) is 6.42 Å². The van der Waals surface area contributed by atoms with E-state index in [9.17, 15) is 13.6 Å². The molecular formula is C16H14F2O2. The molecule has 2 nitrogen and oxygen atoms in total. The maximum Gasteiger partial charge on any atom is 0.170 e. The zero-order valence-electron chi connectivity index (χ0n) is 11.0. The Hall–Kier alpha value is -2.23. The van der Waals surface area contributed by atoms with Crippen LogP contribution in [-0.4, -0.2) is 12.4 Å². The number of para-hydroxylation sites is 1. The Morgan fingerprint density at radius 1 is 1.10 bits per heavy atom. The monoisotopic (exact) mass is 276 g/mol. The molecule has 0 saturated heterocycles. The van der Waals surface area contributed by atoms with Crippen molar-refractivity contribution >= 4 is 5.78 Å². The summed E-state index contributed by atoms with van der Waals surface area (Å²) in [6.45, 7) is 2.27. The number of carbonyl (C=O) groups excluding carboxylic acids is 1. The first-order valence-electron chi connectivity index (χ1n) is 6.30. The number of rotatable bonds is 5. The van der Waals surface area contributed by atoms with Crippen molar-refractivity contribution in [1.82, 2.24) is 0 Å². The van der Waals surface area contributed by atoms with Crippen molar-refractivity contribution in [2.24, 2.45) is 0 Å². The van der Waals surface area contributed by atoms with Crippen molar-refractivity contribution in [3.05, 3.63) is 65.2 Å². The van der Waals surface area contributed by atoms with E-state index in [0.29, 0.717) is 23.5 Å². The second-order valence-corrected chi connectivity index (χ2v) is 4.31. The summed E-state index contributed by atoms with van der Waals surface area (Å²) in [5.74, 6) is -1.13. The van der Waals surface area contributed by atoms with Gasteiger partial charge in [-0.05, 0) is 36.8 Å². The van der Waals surface area contributed by atoms with Gasteiger partial charge >= 0.3 is 0 Å². The van der Waals surface area contributed by atoms with Gasteiger partial charge in [-0.25, -0.2) is 8.78 Å². The molecule has 0 bridgehead atoms. The van der Waals surface area contributed by atoms with Crippen molar-refractivity contribution in [3.63, 3.8) is 0 Å². The van der Waals surface area contributed by atoms with Crippen LogP contribution >= 0.6 is 0 Å². The largest absolute Gasteiger partial charge is 0.493 e. The summed E-state index contributed by atoms with van der Waals surface area (Å²) in [4.78, 5) is 12.2. The minimum atomic E-state index is -0.689. The highest BCUT2D eigenvalue weighted by molar-refractivity contribution is 5.99. The van der Waals surface area contributed by atoms with Crippen molar-refractivity contribution in [2.45, 2.75) is 13.3 Å². The van der Waals surface area contributed by atoms with E-state index < -0.39 is 11.6 Å². The summed E-state index contributed by atoms with van der Waals surface area (Å²) in [6, 6.07) is 9.92. The number of ether oxygens (including phenoxy) is 1. The van der Waals surface area contributed by atoms with Gasteiger partial charge in [0.05, 0.1) is 12.2 Å². The van der Waals surface area contributed by atoms with Gasteiger partial charge in [0.25, 0.3) is 0 Å². The molecule has 0 N–H and O–H groups in total. The van der Waals surface area contributed by atoms with Gasteiger partial charge in [0.1, 0.15) is 17.4 Å². The molecule has 0 aliphatic heterocycles. The maximum atomic E-state index is 13.1. The van der Waals surface area contributed by atoms with Gasteiger partial charge in [-0.2, -0.15) is 0 Å². The van der Waals surface area contributed by atoms with Gasteiger partial charge in [0.15, 0.2) is 5.78 Å². The number of hydrogen-bond acceptors (Lipinski definition) is 2. The zero-order chi connectivity index (χ0) is 14.5. The molecule has 0 amide bonds. The van der Waals surface area contributed by atoms with Gasteiger partial charge in [-0.1, -0.05) is 12.1 Å². The number of ketones is 1.